The molecule has 1 fully saturated rings. The molecule has 0 bridgehead atoms. The van der Waals surface area contributed by atoms with E-state index >= 15 is 0 Å². The Balaban J connectivity index is 1.50. The van der Waals surface area contributed by atoms with Crippen LogP contribution >= 0.6 is 0 Å². The smallest absolute Gasteiger partial charge is 0.108 e. The van der Waals surface area contributed by atoms with Gasteiger partial charge in [-0.15, -0.1) is 0 Å². The van der Waals surface area contributed by atoms with Gasteiger partial charge in [0.05, 0.1) is 30.7 Å². The number of furan rings is 1. The van der Waals surface area contributed by atoms with Crippen LogP contribution in [0.2, 0.25) is 0 Å². The van der Waals surface area contributed by atoms with E-state index < -0.39 is 0 Å². The number of aromatic nitrogens is 2. The van der Waals surface area contributed by atoms with Gasteiger partial charge in [-0.05, 0) is 31.5 Å². The minimum atomic E-state index is 0.126. The Hall–Kier alpha value is -1.63. The highest BCUT2D eigenvalue weighted by Gasteiger charge is 2.35. The van der Waals surface area contributed by atoms with Crippen LogP contribution < -0.4 is 5.32 Å². The third-order valence-corrected chi connectivity index (χ3v) is 5.64. The molecule has 1 aliphatic carbocycles. The first kappa shape index (κ1) is 16.8. The molecule has 0 spiro atoms. The number of nitrogens with zero attached hydrogens (tertiary/aromatic N) is 3. The van der Waals surface area contributed by atoms with Gasteiger partial charge in [-0.2, -0.15) is 5.10 Å². The van der Waals surface area contributed by atoms with Crippen LogP contribution in [0.3, 0.4) is 0 Å². The lowest BCUT2D eigenvalue weighted by molar-refractivity contribution is -0.0728. The van der Waals surface area contributed by atoms with Gasteiger partial charge in [0.15, 0.2) is 0 Å². The van der Waals surface area contributed by atoms with Gasteiger partial charge in [0.2, 0.25) is 0 Å². The van der Waals surface area contributed by atoms with E-state index in [1.165, 1.54) is 17.7 Å². The molecule has 1 unspecified atom stereocenters. The normalized spacial score (nSPS) is 27.4. The maximum atomic E-state index is 6.19. The highest BCUT2D eigenvalue weighted by Crippen LogP contribution is 2.32. The lowest BCUT2D eigenvalue weighted by Gasteiger charge is -2.41. The van der Waals surface area contributed by atoms with Gasteiger partial charge in [0.1, 0.15) is 5.76 Å². The van der Waals surface area contributed by atoms with Gasteiger partial charge in [0, 0.05) is 44.4 Å². The van der Waals surface area contributed by atoms with Gasteiger partial charge >= 0.3 is 0 Å². The lowest BCUT2D eigenvalue weighted by Crippen LogP contribution is -2.50. The van der Waals surface area contributed by atoms with E-state index in [9.17, 15) is 0 Å². The Morgan fingerprint density at radius 3 is 3.08 bits per heavy atom. The number of hydrogen-bond donors (Lipinski definition) is 1. The van der Waals surface area contributed by atoms with Crippen molar-refractivity contribution in [1.82, 2.24) is 20.0 Å². The first-order valence-electron chi connectivity index (χ1n) is 9.41. The van der Waals surface area contributed by atoms with Crippen LogP contribution in [0.15, 0.2) is 29.0 Å². The van der Waals surface area contributed by atoms with E-state index in [0.717, 1.165) is 44.8 Å². The highest BCUT2D eigenvalue weighted by molar-refractivity contribution is 5.24. The van der Waals surface area contributed by atoms with E-state index in [1.807, 2.05) is 24.2 Å². The molecule has 1 aliphatic heterocycles. The topological polar surface area (TPSA) is 55.5 Å². The van der Waals surface area contributed by atoms with E-state index in [2.05, 4.69) is 34.4 Å². The molecule has 0 amide bonds. The summed E-state index contributed by atoms with van der Waals surface area (Å²) in [5.74, 6) is 1.15. The fourth-order valence-electron chi connectivity index (χ4n) is 4.32. The summed E-state index contributed by atoms with van der Waals surface area (Å²) in [5.41, 5.74) is 2.55. The Kier molecular flexibility index (Phi) is 4.92. The van der Waals surface area contributed by atoms with Crippen molar-refractivity contribution in [1.29, 1.82) is 0 Å². The summed E-state index contributed by atoms with van der Waals surface area (Å²) in [7, 11) is 2.02. The molecule has 25 heavy (non-hydrogen) atoms. The molecule has 6 heteroatoms. The van der Waals surface area contributed by atoms with E-state index in [0.29, 0.717) is 6.04 Å². The standard InChI is InChI=1S/C19H28N4O2/c1-3-23-10-12-25-18(19(23)16-7-9-21-22(16)2)13-20-15-5-4-6-17-14(15)8-11-24-17/h7-9,11,15,18-20H,3-6,10,12-13H2,1-2H3/t15?,18-,19-/m0/s1. The van der Waals surface area contributed by atoms with Gasteiger partial charge < -0.3 is 14.5 Å². The maximum Gasteiger partial charge on any atom is 0.108 e. The average molecular weight is 344 g/mol. The Morgan fingerprint density at radius 1 is 1.36 bits per heavy atom. The van der Waals surface area contributed by atoms with Gasteiger partial charge in [0.25, 0.3) is 0 Å². The quantitative estimate of drug-likeness (QED) is 0.903. The summed E-state index contributed by atoms with van der Waals surface area (Å²) in [6.45, 7) is 5.83. The summed E-state index contributed by atoms with van der Waals surface area (Å²) < 4.78 is 13.8. The third kappa shape index (κ3) is 3.26. The molecule has 4 rings (SSSR count). The molecule has 3 atom stereocenters. The molecule has 2 aromatic heterocycles. The van der Waals surface area contributed by atoms with Crippen LogP contribution in [0.5, 0.6) is 0 Å². The van der Waals surface area contributed by atoms with Crippen molar-refractivity contribution in [3.63, 3.8) is 0 Å². The molecule has 0 saturated carbocycles. The predicted molar refractivity (Wildman–Crippen MR) is 95.3 cm³/mol. The second-order valence-corrected chi connectivity index (χ2v) is 7.01. The van der Waals surface area contributed by atoms with Crippen LogP contribution in [0.25, 0.3) is 0 Å². The number of nitrogens with one attached hydrogen (secondary N) is 1. The number of hydrogen-bond acceptors (Lipinski definition) is 5. The predicted octanol–water partition coefficient (Wildman–Crippen LogP) is 2.44. The van der Waals surface area contributed by atoms with Crippen LogP contribution in [-0.2, 0) is 18.2 Å². The fraction of sp³-hybridized carbons (Fsp3) is 0.632. The Morgan fingerprint density at radius 2 is 2.28 bits per heavy atom. The van der Waals surface area contributed by atoms with Gasteiger partial charge in [-0.3, -0.25) is 9.58 Å². The van der Waals surface area contributed by atoms with Crippen LogP contribution in [-0.4, -0.2) is 47.0 Å². The Labute approximate surface area is 149 Å². The zero-order valence-corrected chi connectivity index (χ0v) is 15.1. The first-order valence-corrected chi connectivity index (χ1v) is 9.41. The summed E-state index contributed by atoms with van der Waals surface area (Å²) in [6.07, 6.45) is 7.21. The molecule has 1 N–H and O–H groups in total. The second kappa shape index (κ2) is 7.32. The number of likely N-dealkylation sites (N-methyl/N-ethyl adjacent to an activating group) is 1. The van der Waals surface area contributed by atoms with E-state index in [-0.39, 0.29) is 12.1 Å². The van der Waals surface area contributed by atoms with Crippen molar-refractivity contribution < 1.29 is 9.15 Å². The van der Waals surface area contributed by atoms with Crippen molar-refractivity contribution in [3.05, 3.63) is 41.6 Å². The fourth-order valence-corrected chi connectivity index (χ4v) is 4.32. The molecule has 6 nitrogen and oxygen atoms in total. The molecule has 2 aliphatic rings. The molecular weight excluding hydrogens is 316 g/mol. The largest absolute Gasteiger partial charge is 0.469 e. The maximum absolute atomic E-state index is 6.19. The molecule has 0 radical (unpaired) electrons. The zero-order chi connectivity index (χ0) is 17.2. The number of fused-ring (bicyclic) bond motifs is 1. The third-order valence-electron chi connectivity index (χ3n) is 5.64. The van der Waals surface area contributed by atoms with Crippen molar-refractivity contribution in [2.45, 2.75) is 44.4 Å². The summed E-state index contributed by atoms with van der Waals surface area (Å²) in [5, 5.41) is 8.12. The minimum absolute atomic E-state index is 0.126. The molecule has 3 heterocycles. The Bertz CT molecular complexity index is 695. The molecule has 2 aromatic rings. The number of rotatable bonds is 5. The minimum Gasteiger partial charge on any atom is -0.469 e. The number of ether oxygens (including phenoxy) is 1. The first-order chi connectivity index (χ1) is 12.3. The molecule has 0 aromatic carbocycles. The summed E-state index contributed by atoms with van der Waals surface area (Å²) in [6, 6.07) is 4.84. The van der Waals surface area contributed by atoms with Gasteiger partial charge in [-0.25, -0.2) is 0 Å². The van der Waals surface area contributed by atoms with Crippen LogP contribution in [0, 0.1) is 0 Å². The highest BCUT2D eigenvalue weighted by atomic mass is 16.5. The SMILES string of the molecule is CCN1CCO[C@@H](CNC2CCCc3occc32)[C@@H]1c1ccnn1C. The molecule has 1 saturated heterocycles. The van der Waals surface area contributed by atoms with Crippen molar-refractivity contribution in [2.24, 2.45) is 7.05 Å². The summed E-state index contributed by atoms with van der Waals surface area (Å²) in [4.78, 5) is 2.50. The van der Waals surface area contributed by atoms with E-state index in [1.54, 1.807) is 0 Å². The number of aryl methyl sites for hydroxylation is 2. The van der Waals surface area contributed by atoms with Gasteiger partial charge in [-0.1, -0.05) is 6.92 Å². The van der Waals surface area contributed by atoms with Crippen molar-refractivity contribution in [3.8, 4) is 0 Å². The van der Waals surface area contributed by atoms with Crippen LogP contribution in [0.4, 0.5) is 0 Å². The van der Waals surface area contributed by atoms with Crippen LogP contribution in [0.1, 0.15) is 48.9 Å². The molecule has 136 valence electrons. The monoisotopic (exact) mass is 344 g/mol. The lowest BCUT2D eigenvalue weighted by atomic mass is 9.93. The average Bonchev–Trinajstić information content (AvgIpc) is 3.28. The van der Waals surface area contributed by atoms with Crippen molar-refractivity contribution >= 4 is 0 Å². The summed E-state index contributed by atoms with van der Waals surface area (Å²) >= 11 is 0. The number of morpholine rings is 1. The van der Waals surface area contributed by atoms with Crippen molar-refractivity contribution in [2.75, 3.05) is 26.2 Å². The zero-order valence-electron chi connectivity index (χ0n) is 15.1. The second-order valence-electron chi connectivity index (χ2n) is 7.01. The molecular formula is C19H28N4O2. The van der Waals surface area contributed by atoms with E-state index in [4.69, 9.17) is 9.15 Å².